The van der Waals surface area contributed by atoms with Gasteiger partial charge in [0.1, 0.15) is 5.92 Å². The van der Waals surface area contributed by atoms with Crippen molar-refractivity contribution in [2.75, 3.05) is 0 Å². The fraction of sp³-hybridized carbons (Fsp3) is 0.278. The molecule has 0 aliphatic heterocycles. The van der Waals surface area contributed by atoms with E-state index in [1.807, 2.05) is 49.4 Å². The highest BCUT2D eigenvalue weighted by Gasteiger charge is 2.27. The van der Waals surface area contributed by atoms with Gasteiger partial charge in [-0.1, -0.05) is 67.9 Å². The molecule has 2 aromatic carbocycles. The van der Waals surface area contributed by atoms with Crippen LogP contribution < -0.4 is 0 Å². The van der Waals surface area contributed by atoms with Gasteiger partial charge in [0.25, 0.3) is 0 Å². The molecule has 0 aliphatic rings. The first-order chi connectivity index (χ1) is 10.1. The van der Waals surface area contributed by atoms with Crippen LogP contribution in [-0.2, 0) is 4.79 Å². The van der Waals surface area contributed by atoms with Crippen LogP contribution in [0.1, 0.15) is 31.2 Å². The fourth-order valence-electron chi connectivity index (χ4n) is 2.51. The van der Waals surface area contributed by atoms with Crippen LogP contribution in [0.4, 0.5) is 0 Å². The number of carboxylic acids is 1. The number of hydrogen-bond donors (Lipinski definition) is 2. The van der Waals surface area contributed by atoms with Crippen molar-refractivity contribution in [1.82, 2.24) is 0 Å². The van der Waals surface area contributed by atoms with Gasteiger partial charge in [-0.25, -0.2) is 0 Å². The Bertz CT molecular complexity index is 575. The normalized spacial score (nSPS) is 13.6. The van der Waals surface area contributed by atoms with Crippen LogP contribution in [0.3, 0.4) is 0 Å². The van der Waals surface area contributed by atoms with Crippen molar-refractivity contribution in [3.63, 3.8) is 0 Å². The van der Waals surface area contributed by atoms with E-state index in [-0.39, 0.29) is 0 Å². The molecule has 21 heavy (non-hydrogen) atoms. The number of aliphatic hydroxyl groups excluding tert-OH is 1. The summed E-state index contributed by atoms with van der Waals surface area (Å²) >= 11 is 0. The van der Waals surface area contributed by atoms with Crippen LogP contribution in [0, 0.1) is 0 Å². The van der Waals surface area contributed by atoms with Crippen molar-refractivity contribution in [1.29, 1.82) is 0 Å². The number of rotatable bonds is 6. The van der Waals surface area contributed by atoms with Gasteiger partial charge in [-0.2, -0.15) is 0 Å². The van der Waals surface area contributed by atoms with E-state index >= 15 is 0 Å². The first kappa shape index (κ1) is 15.3. The summed E-state index contributed by atoms with van der Waals surface area (Å²) in [5.74, 6) is -1.85. The number of carboxylic acid groups (broad SMARTS) is 1. The number of hydrogen-bond acceptors (Lipinski definition) is 2. The second-order valence-corrected chi connectivity index (χ2v) is 5.16. The number of carbonyl (C=O) groups is 1. The Hall–Kier alpha value is -2.13. The summed E-state index contributed by atoms with van der Waals surface area (Å²) in [4.78, 5) is 11.4. The maximum atomic E-state index is 11.4. The molecule has 0 radical (unpaired) electrons. The maximum absolute atomic E-state index is 11.4. The molecule has 0 spiro atoms. The van der Waals surface area contributed by atoms with Crippen molar-refractivity contribution in [3.05, 3.63) is 60.2 Å². The van der Waals surface area contributed by atoms with E-state index in [2.05, 4.69) is 0 Å². The van der Waals surface area contributed by atoms with E-state index in [0.717, 1.165) is 17.5 Å². The Morgan fingerprint density at radius 2 is 1.57 bits per heavy atom. The summed E-state index contributed by atoms with van der Waals surface area (Å²) in [6.45, 7) is 1.93. The molecule has 2 N–H and O–H groups in total. The first-order valence-electron chi connectivity index (χ1n) is 7.19. The van der Waals surface area contributed by atoms with Crippen LogP contribution in [-0.4, -0.2) is 22.3 Å². The molecule has 2 aromatic rings. The molecule has 0 aliphatic carbocycles. The van der Waals surface area contributed by atoms with Crippen molar-refractivity contribution >= 4 is 5.97 Å². The van der Waals surface area contributed by atoms with E-state index in [4.69, 9.17) is 0 Å². The first-order valence-corrected chi connectivity index (χ1v) is 7.19. The molecule has 2 atom stereocenters. The molecule has 0 amide bonds. The Balaban J connectivity index is 2.26. The smallest absolute Gasteiger partial charge is 0.313 e. The van der Waals surface area contributed by atoms with Crippen LogP contribution >= 0.6 is 0 Å². The van der Waals surface area contributed by atoms with Gasteiger partial charge in [0, 0.05) is 0 Å². The van der Waals surface area contributed by atoms with E-state index in [1.54, 1.807) is 12.1 Å². The lowest BCUT2D eigenvalue weighted by Crippen LogP contribution is -2.25. The van der Waals surface area contributed by atoms with E-state index in [9.17, 15) is 15.0 Å². The molecular weight excluding hydrogens is 264 g/mol. The third-order valence-corrected chi connectivity index (χ3v) is 3.61. The molecule has 3 nitrogen and oxygen atoms in total. The van der Waals surface area contributed by atoms with Crippen molar-refractivity contribution in [2.24, 2.45) is 0 Å². The summed E-state index contributed by atoms with van der Waals surface area (Å²) in [6.07, 6.45) is 0.389. The van der Waals surface area contributed by atoms with E-state index in [0.29, 0.717) is 12.0 Å². The largest absolute Gasteiger partial charge is 0.481 e. The van der Waals surface area contributed by atoms with Gasteiger partial charge >= 0.3 is 5.97 Å². The standard InChI is InChI=1S/C18H20O3/c1-2-6-16(19)17(18(20)21)15-11-9-14(10-12-15)13-7-4-3-5-8-13/h3-5,7-12,16-17,19H,2,6H2,1H3,(H,20,21). The third kappa shape index (κ3) is 3.70. The highest BCUT2D eigenvalue weighted by molar-refractivity contribution is 5.77. The van der Waals surface area contributed by atoms with Gasteiger partial charge in [0.05, 0.1) is 6.10 Å². The van der Waals surface area contributed by atoms with Gasteiger partial charge in [-0.15, -0.1) is 0 Å². The SMILES string of the molecule is CCCC(O)C(C(=O)O)c1ccc(-c2ccccc2)cc1. The Morgan fingerprint density at radius 1 is 1.00 bits per heavy atom. The maximum Gasteiger partial charge on any atom is 0.313 e. The highest BCUT2D eigenvalue weighted by atomic mass is 16.4. The lowest BCUT2D eigenvalue weighted by atomic mass is 9.90. The van der Waals surface area contributed by atoms with Crippen LogP contribution in [0.15, 0.2) is 54.6 Å². The second kappa shape index (κ2) is 7.04. The van der Waals surface area contributed by atoms with Crippen molar-refractivity contribution in [3.8, 4) is 11.1 Å². The third-order valence-electron chi connectivity index (χ3n) is 3.61. The summed E-state index contributed by atoms with van der Waals surface area (Å²) in [7, 11) is 0. The van der Waals surface area contributed by atoms with Gasteiger partial charge in [-0.05, 0) is 23.1 Å². The average molecular weight is 284 g/mol. The summed E-state index contributed by atoms with van der Waals surface area (Å²) in [6, 6.07) is 17.3. The van der Waals surface area contributed by atoms with Gasteiger partial charge in [0.2, 0.25) is 0 Å². The Morgan fingerprint density at radius 3 is 2.10 bits per heavy atom. The predicted octanol–water partition coefficient (Wildman–Crippen LogP) is 3.68. The predicted molar refractivity (Wildman–Crippen MR) is 83.2 cm³/mol. The summed E-state index contributed by atoms with van der Waals surface area (Å²) < 4.78 is 0. The van der Waals surface area contributed by atoms with Crippen LogP contribution in [0.5, 0.6) is 0 Å². The molecular formula is C18H20O3. The number of benzene rings is 2. The zero-order valence-corrected chi connectivity index (χ0v) is 12.1. The van der Waals surface area contributed by atoms with E-state index < -0.39 is 18.0 Å². The monoisotopic (exact) mass is 284 g/mol. The fourth-order valence-corrected chi connectivity index (χ4v) is 2.51. The molecule has 0 fully saturated rings. The molecule has 0 heterocycles. The Kier molecular flexibility index (Phi) is 5.12. The highest BCUT2D eigenvalue weighted by Crippen LogP contribution is 2.26. The van der Waals surface area contributed by atoms with Crippen LogP contribution in [0.25, 0.3) is 11.1 Å². The molecule has 2 unspecified atom stereocenters. The molecule has 0 saturated heterocycles. The van der Waals surface area contributed by atoms with E-state index in [1.165, 1.54) is 0 Å². The molecule has 0 aromatic heterocycles. The van der Waals surface area contributed by atoms with Crippen molar-refractivity contribution < 1.29 is 15.0 Å². The number of aliphatic hydroxyl groups is 1. The van der Waals surface area contributed by atoms with Crippen LogP contribution in [0.2, 0.25) is 0 Å². The number of aliphatic carboxylic acids is 1. The zero-order chi connectivity index (χ0) is 15.2. The lowest BCUT2D eigenvalue weighted by Gasteiger charge is -2.19. The molecule has 2 rings (SSSR count). The minimum absolute atomic E-state index is 0.484. The molecule has 0 saturated carbocycles. The summed E-state index contributed by atoms with van der Waals surface area (Å²) in [5, 5.41) is 19.4. The second-order valence-electron chi connectivity index (χ2n) is 5.16. The molecule has 0 bridgehead atoms. The quantitative estimate of drug-likeness (QED) is 0.850. The Labute approximate surface area is 124 Å². The van der Waals surface area contributed by atoms with Crippen molar-refractivity contribution in [2.45, 2.75) is 31.8 Å². The van der Waals surface area contributed by atoms with Gasteiger partial charge < -0.3 is 10.2 Å². The minimum atomic E-state index is -0.983. The zero-order valence-electron chi connectivity index (χ0n) is 12.1. The molecule has 3 heteroatoms. The van der Waals surface area contributed by atoms with Gasteiger partial charge in [-0.3, -0.25) is 4.79 Å². The molecule has 110 valence electrons. The topological polar surface area (TPSA) is 57.5 Å². The summed E-state index contributed by atoms with van der Waals surface area (Å²) in [5.41, 5.74) is 2.77. The lowest BCUT2D eigenvalue weighted by molar-refractivity contribution is -0.141. The minimum Gasteiger partial charge on any atom is -0.481 e. The van der Waals surface area contributed by atoms with Gasteiger partial charge in [0.15, 0.2) is 0 Å². The average Bonchev–Trinajstić information content (AvgIpc) is 2.49.